The minimum absolute atomic E-state index is 0.0290. The zero-order valence-corrected chi connectivity index (χ0v) is 22.9. The van der Waals surface area contributed by atoms with Crippen LogP contribution in [0.15, 0.2) is 53.4 Å². The van der Waals surface area contributed by atoms with Crippen LogP contribution in [0.3, 0.4) is 0 Å². The summed E-state index contributed by atoms with van der Waals surface area (Å²) < 4.78 is 0.580. The lowest BCUT2D eigenvalue weighted by Gasteiger charge is -2.32. The van der Waals surface area contributed by atoms with Crippen LogP contribution in [-0.2, 0) is 6.54 Å². The highest BCUT2D eigenvalue weighted by Gasteiger charge is 2.19. The number of halogens is 1. The molecular formula is C27H31BrN8O. The molecule has 1 fully saturated rings. The SMILES string of the molecule is CC(C)CN(NC(=O)c1cncc(-c2cccc(CN3CCN(C)CC3)c2)c1)c1nc(C#N)ncc1Br. The van der Waals surface area contributed by atoms with Gasteiger partial charge in [0.2, 0.25) is 5.82 Å². The quantitative estimate of drug-likeness (QED) is 0.414. The molecule has 3 heterocycles. The summed E-state index contributed by atoms with van der Waals surface area (Å²) in [7, 11) is 2.16. The van der Waals surface area contributed by atoms with Crippen molar-refractivity contribution in [1.82, 2.24) is 30.2 Å². The summed E-state index contributed by atoms with van der Waals surface area (Å²) >= 11 is 3.44. The summed E-state index contributed by atoms with van der Waals surface area (Å²) in [5, 5.41) is 10.9. The summed E-state index contributed by atoms with van der Waals surface area (Å²) in [6, 6.07) is 12.2. The van der Waals surface area contributed by atoms with Gasteiger partial charge < -0.3 is 4.90 Å². The number of nitrogens with zero attached hydrogens (tertiary/aromatic N) is 7. The monoisotopic (exact) mass is 562 g/mol. The fraction of sp³-hybridized carbons (Fsp3) is 0.370. The average Bonchev–Trinajstić information content (AvgIpc) is 2.90. The number of piperazine rings is 1. The van der Waals surface area contributed by atoms with E-state index in [0.29, 0.717) is 22.4 Å². The van der Waals surface area contributed by atoms with E-state index in [1.807, 2.05) is 32.0 Å². The van der Waals surface area contributed by atoms with Gasteiger partial charge >= 0.3 is 0 Å². The molecule has 1 N–H and O–H groups in total. The zero-order chi connectivity index (χ0) is 26.4. The molecule has 0 saturated carbocycles. The Labute approximate surface area is 226 Å². The van der Waals surface area contributed by atoms with E-state index < -0.39 is 0 Å². The number of hydrogen-bond acceptors (Lipinski definition) is 8. The van der Waals surface area contributed by atoms with E-state index in [1.54, 1.807) is 17.4 Å². The molecule has 0 bridgehead atoms. The van der Waals surface area contributed by atoms with Crippen LogP contribution >= 0.6 is 15.9 Å². The Bertz CT molecular complexity index is 1280. The van der Waals surface area contributed by atoms with Gasteiger partial charge in [0.05, 0.1) is 10.0 Å². The van der Waals surface area contributed by atoms with E-state index in [-0.39, 0.29) is 17.6 Å². The first-order valence-corrected chi connectivity index (χ1v) is 13.1. The second-order valence-corrected chi connectivity index (χ2v) is 10.5. The fourth-order valence-electron chi connectivity index (χ4n) is 4.17. The normalized spacial score (nSPS) is 14.4. The van der Waals surface area contributed by atoms with Crippen molar-refractivity contribution in [2.45, 2.75) is 20.4 Å². The highest BCUT2D eigenvalue weighted by Crippen LogP contribution is 2.24. The summed E-state index contributed by atoms with van der Waals surface area (Å²) in [5.74, 6) is 0.364. The fourth-order valence-corrected chi connectivity index (χ4v) is 4.58. The second-order valence-electron chi connectivity index (χ2n) is 9.66. The van der Waals surface area contributed by atoms with Crippen LogP contribution in [0.2, 0.25) is 0 Å². The molecule has 0 aliphatic carbocycles. The van der Waals surface area contributed by atoms with Crippen LogP contribution in [0.1, 0.15) is 35.6 Å². The first-order chi connectivity index (χ1) is 17.8. The first-order valence-electron chi connectivity index (χ1n) is 12.3. The number of likely N-dealkylation sites (N-methyl/N-ethyl adjacent to an activating group) is 1. The maximum Gasteiger partial charge on any atom is 0.271 e. The van der Waals surface area contributed by atoms with Crippen molar-refractivity contribution in [3.63, 3.8) is 0 Å². The number of hydrazine groups is 1. The zero-order valence-electron chi connectivity index (χ0n) is 21.4. The van der Waals surface area contributed by atoms with E-state index in [0.717, 1.165) is 43.9 Å². The molecule has 2 aromatic heterocycles. The number of aromatic nitrogens is 3. The third-order valence-electron chi connectivity index (χ3n) is 6.13. The van der Waals surface area contributed by atoms with Gasteiger partial charge in [0.1, 0.15) is 6.07 Å². The minimum Gasteiger partial charge on any atom is -0.304 e. The molecule has 4 rings (SSSR count). The highest BCUT2D eigenvalue weighted by atomic mass is 79.9. The molecule has 0 unspecified atom stereocenters. The van der Waals surface area contributed by atoms with E-state index in [9.17, 15) is 10.1 Å². The number of carbonyl (C=O) groups excluding carboxylic acids is 1. The molecule has 1 aliphatic heterocycles. The van der Waals surface area contributed by atoms with Crippen LogP contribution in [0, 0.1) is 17.2 Å². The minimum atomic E-state index is -0.312. The molecule has 1 aliphatic rings. The Balaban J connectivity index is 1.53. The topological polar surface area (TPSA) is 101 Å². The van der Waals surface area contributed by atoms with E-state index in [1.165, 1.54) is 11.8 Å². The molecule has 3 aromatic rings. The first kappa shape index (κ1) is 26.7. The smallest absolute Gasteiger partial charge is 0.271 e. The summed E-state index contributed by atoms with van der Waals surface area (Å²) in [6.45, 7) is 9.75. The molecule has 0 atom stereocenters. The lowest BCUT2D eigenvalue weighted by atomic mass is 10.0. The largest absolute Gasteiger partial charge is 0.304 e. The number of amides is 1. The average molecular weight is 564 g/mol. The number of benzene rings is 1. The van der Waals surface area contributed by atoms with Crippen LogP contribution in [-0.4, -0.2) is 70.4 Å². The van der Waals surface area contributed by atoms with Crippen molar-refractivity contribution >= 4 is 27.7 Å². The molecule has 0 radical (unpaired) electrons. The molecule has 9 nitrogen and oxygen atoms in total. The van der Waals surface area contributed by atoms with Crippen LogP contribution in [0.4, 0.5) is 5.82 Å². The standard InChI is InChI=1S/C27H31BrN8O/c1-19(2)17-36(26-24(28)16-31-25(13-29)32-26)33-27(37)23-12-22(14-30-15-23)21-6-4-5-20(11-21)18-35-9-7-34(3)8-10-35/h4-6,11-12,14-16,19H,7-10,17-18H2,1-3H3,(H,33,37). The number of nitriles is 1. The van der Waals surface area contributed by atoms with Crippen molar-refractivity contribution in [2.24, 2.45) is 5.92 Å². The third-order valence-corrected chi connectivity index (χ3v) is 6.69. The molecule has 37 heavy (non-hydrogen) atoms. The van der Waals surface area contributed by atoms with Gasteiger partial charge in [-0.3, -0.25) is 25.1 Å². The number of hydrogen-bond donors (Lipinski definition) is 1. The Morgan fingerprint density at radius 1 is 1.16 bits per heavy atom. The highest BCUT2D eigenvalue weighted by molar-refractivity contribution is 9.10. The molecule has 1 aromatic carbocycles. The van der Waals surface area contributed by atoms with Gasteiger partial charge in [-0.25, -0.2) is 4.98 Å². The van der Waals surface area contributed by atoms with Crippen LogP contribution in [0.5, 0.6) is 0 Å². The van der Waals surface area contributed by atoms with E-state index >= 15 is 0 Å². The van der Waals surface area contributed by atoms with Crippen LogP contribution < -0.4 is 10.4 Å². The summed E-state index contributed by atoms with van der Waals surface area (Å²) in [6.07, 6.45) is 4.84. The lowest BCUT2D eigenvalue weighted by molar-refractivity contribution is 0.0947. The van der Waals surface area contributed by atoms with Gasteiger partial charge in [-0.15, -0.1) is 0 Å². The summed E-state index contributed by atoms with van der Waals surface area (Å²) in [5.41, 5.74) is 6.50. The van der Waals surface area contributed by atoms with E-state index in [4.69, 9.17) is 0 Å². The molecule has 10 heteroatoms. The van der Waals surface area contributed by atoms with Gasteiger partial charge in [0.25, 0.3) is 5.91 Å². The number of pyridine rings is 1. The molecule has 0 spiro atoms. The predicted molar refractivity (Wildman–Crippen MR) is 147 cm³/mol. The predicted octanol–water partition coefficient (Wildman–Crippen LogP) is 3.73. The van der Waals surface area contributed by atoms with Gasteiger partial charge in [0, 0.05) is 63.4 Å². The van der Waals surface area contributed by atoms with Gasteiger partial charge in [-0.05, 0) is 52.2 Å². The number of carbonyl (C=O) groups is 1. The van der Waals surface area contributed by atoms with Gasteiger partial charge in [-0.1, -0.05) is 32.0 Å². The Hall–Kier alpha value is -3.39. The number of rotatable bonds is 8. The Kier molecular flexibility index (Phi) is 8.82. The molecule has 1 amide bonds. The van der Waals surface area contributed by atoms with Crippen molar-refractivity contribution < 1.29 is 4.79 Å². The summed E-state index contributed by atoms with van der Waals surface area (Å²) in [4.78, 5) is 30.7. The molecule has 192 valence electrons. The van der Waals surface area contributed by atoms with Crippen molar-refractivity contribution in [2.75, 3.05) is 44.8 Å². The lowest BCUT2D eigenvalue weighted by Crippen LogP contribution is -2.45. The number of anilines is 1. The molecular weight excluding hydrogens is 532 g/mol. The molecule has 1 saturated heterocycles. The van der Waals surface area contributed by atoms with Crippen molar-refractivity contribution in [3.05, 3.63) is 70.3 Å². The van der Waals surface area contributed by atoms with Gasteiger partial charge in [0.15, 0.2) is 5.82 Å². The second kappa shape index (κ2) is 12.2. The van der Waals surface area contributed by atoms with Gasteiger partial charge in [-0.2, -0.15) is 10.2 Å². The maximum atomic E-state index is 13.3. The Morgan fingerprint density at radius 3 is 2.68 bits per heavy atom. The Morgan fingerprint density at radius 2 is 1.95 bits per heavy atom. The van der Waals surface area contributed by atoms with Crippen LogP contribution in [0.25, 0.3) is 11.1 Å². The van der Waals surface area contributed by atoms with E-state index in [2.05, 4.69) is 71.4 Å². The maximum absolute atomic E-state index is 13.3. The number of nitrogens with one attached hydrogen (secondary N) is 1. The van der Waals surface area contributed by atoms with Crippen molar-refractivity contribution in [1.29, 1.82) is 5.26 Å². The van der Waals surface area contributed by atoms with Crippen molar-refractivity contribution in [3.8, 4) is 17.2 Å². The third kappa shape index (κ3) is 7.10.